The molecule has 0 saturated heterocycles. The molecule has 1 rings (SSSR count). The van der Waals surface area contributed by atoms with Crippen molar-refractivity contribution in [1.29, 1.82) is 0 Å². The smallest absolute Gasteiger partial charge is 0.119 e. The largest absolute Gasteiger partial charge is 0.497 e. The van der Waals surface area contributed by atoms with Gasteiger partial charge in [0.2, 0.25) is 0 Å². The molecule has 1 aromatic carbocycles. The van der Waals surface area contributed by atoms with Crippen LogP contribution in [0.15, 0.2) is 24.3 Å². The first-order chi connectivity index (χ1) is 8.30. The second kappa shape index (κ2) is 8.13. The lowest BCUT2D eigenvalue weighted by molar-refractivity contribution is 0.414. The lowest BCUT2D eigenvalue weighted by Gasteiger charge is -2.15. The molecule has 1 unspecified atom stereocenters. The van der Waals surface area contributed by atoms with Crippen molar-refractivity contribution in [2.24, 2.45) is 0 Å². The van der Waals surface area contributed by atoms with E-state index in [1.54, 1.807) is 7.11 Å². The Balaban J connectivity index is 2.34. The summed E-state index contributed by atoms with van der Waals surface area (Å²) in [7, 11) is 1.72. The first-order valence-electron chi connectivity index (χ1n) is 6.66. The third-order valence-corrected chi connectivity index (χ3v) is 3.14. The van der Waals surface area contributed by atoms with Gasteiger partial charge in [0.1, 0.15) is 5.75 Å². The minimum atomic E-state index is 0.672. The third-order valence-electron chi connectivity index (χ3n) is 3.14. The van der Waals surface area contributed by atoms with Gasteiger partial charge in [-0.1, -0.05) is 26.0 Å². The Hall–Kier alpha value is -1.02. The number of ether oxygens (including phenoxy) is 1. The van der Waals surface area contributed by atoms with Gasteiger partial charge in [-0.25, -0.2) is 0 Å². The van der Waals surface area contributed by atoms with Crippen molar-refractivity contribution in [2.45, 2.75) is 45.6 Å². The summed E-state index contributed by atoms with van der Waals surface area (Å²) in [5, 5.41) is 3.52. The van der Waals surface area contributed by atoms with Gasteiger partial charge in [-0.05, 0) is 49.9 Å². The predicted octanol–water partition coefficient (Wildman–Crippen LogP) is 3.41. The number of nitrogens with one attached hydrogen (secondary N) is 1. The molecule has 0 fully saturated rings. The molecular weight excluding hydrogens is 210 g/mol. The molecule has 2 nitrogen and oxygen atoms in total. The maximum absolute atomic E-state index is 5.23. The Labute approximate surface area is 105 Å². The molecule has 1 aromatic rings. The van der Waals surface area contributed by atoms with Gasteiger partial charge in [-0.15, -0.1) is 0 Å². The minimum Gasteiger partial charge on any atom is -0.497 e. The molecule has 0 heterocycles. The van der Waals surface area contributed by atoms with Crippen LogP contribution in [0.1, 0.15) is 38.7 Å². The molecule has 0 aromatic heterocycles. The zero-order valence-corrected chi connectivity index (χ0v) is 11.3. The van der Waals surface area contributed by atoms with Crippen LogP contribution < -0.4 is 10.1 Å². The van der Waals surface area contributed by atoms with Crippen LogP contribution in [-0.2, 0) is 6.42 Å². The number of methoxy groups -OCH3 is 1. The lowest BCUT2D eigenvalue weighted by atomic mass is 10.0. The van der Waals surface area contributed by atoms with Gasteiger partial charge in [-0.3, -0.25) is 0 Å². The van der Waals surface area contributed by atoms with Crippen molar-refractivity contribution < 1.29 is 4.74 Å². The molecular formula is C15H25NO. The average Bonchev–Trinajstić information content (AvgIpc) is 2.38. The highest BCUT2D eigenvalue weighted by Gasteiger charge is 2.04. The van der Waals surface area contributed by atoms with Crippen LogP contribution in [0.4, 0.5) is 0 Å². The molecule has 1 N–H and O–H groups in total. The van der Waals surface area contributed by atoms with Gasteiger partial charge in [0, 0.05) is 6.04 Å². The van der Waals surface area contributed by atoms with Gasteiger partial charge >= 0.3 is 0 Å². The van der Waals surface area contributed by atoms with E-state index in [-0.39, 0.29) is 0 Å². The predicted molar refractivity (Wildman–Crippen MR) is 73.7 cm³/mol. The monoisotopic (exact) mass is 235 g/mol. The molecule has 0 saturated carbocycles. The molecule has 2 heteroatoms. The topological polar surface area (TPSA) is 21.3 Å². The van der Waals surface area contributed by atoms with Crippen LogP contribution in [0.3, 0.4) is 0 Å². The van der Waals surface area contributed by atoms with Crippen molar-refractivity contribution in [1.82, 2.24) is 5.32 Å². The fourth-order valence-corrected chi connectivity index (χ4v) is 2.12. The van der Waals surface area contributed by atoms with Crippen molar-refractivity contribution >= 4 is 0 Å². The normalized spacial score (nSPS) is 12.4. The lowest BCUT2D eigenvalue weighted by Crippen LogP contribution is -2.27. The fraction of sp³-hybridized carbons (Fsp3) is 0.600. The van der Waals surface area contributed by atoms with Crippen molar-refractivity contribution in [3.05, 3.63) is 29.8 Å². The van der Waals surface area contributed by atoms with E-state index in [0.717, 1.165) is 18.7 Å². The van der Waals surface area contributed by atoms with E-state index in [0.29, 0.717) is 6.04 Å². The standard InChI is InChI=1S/C15H25NO/c1-4-14(16-5-2)10-6-8-13-9-7-11-15(12-13)17-3/h7,9,11-12,14,16H,4-6,8,10H2,1-3H3. The van der Waals surface area contributed by atoms with Crippen LogP contribution in [-0.4, -0.2) is 19.7 Å². The highest BCUT2D eigenvalue weighted by atomic mass is 16.5. The molecule has 0 amide bonds. The van der Waals surface area contributed by atoms with Crippen molar-refractivity contribution in [3.63, 3.8) is 0 Å². The zero-order chi connectivity index (χ0) is 12.5. The quantitative estimate of drug-likeness (QED) is 0.745. The molecule has 1 atom stereocenters. The van der Waals surface area contributed by atoms with Gasteiger partial charge in [-0.2, -0.15) is 0 Å². The third kappa shape index (κ3) is 5.22. The number of aryl methyl sites for hydroxylation is 1. The maximum Gasteiger partial charge on any atom is 0.119 e. The van der Waals surface area contributed by atoms with Crippen molar-refractivity contribution in [3.8, 4) is 5.75 Å². The second-order valence-corrected chi connectivity index (χ2v) is 4.41. The molecule has 0 radical (unpaired) electrons. The van der Waals surface area contributed by atoms with Gasteiger partial charge in [0.05, 0.1) is 7.11 Å². The molecule has 96 valence electrons. The molecule has 0 spiro atoms. The summed E-state index contributed by atoms with van der Waals surface area (Å²) in [5.41, 5.74) is 1.37. The van der Waals surface area contributed by atoms with E-state index < -0.39 is 0 Å². The first kappa shape index (κ1) is 14.0. The Bertz CT molecular complexity index is 312. The van der Waals surface area contributed by atoms with Crippen LogP contribution in [0.5, 0.6) is 5.75 Å². The highest BCUT2D eigenvalue weighted by Crippen LogP contribution is 2.15. The zero-order valence-electron chi connectivity index (χ0n) is 11.3. The van der Waals surface area contributed by atoms with Gasteiger partial charge in [0.15, 0.2) is 0 Å². The van der Waals surface area contributed by atoms with Crippen LogP contribution in [0, 0.1) is 0 Å². The Kier molecular flexibility index (Phi) is 6.71. The summed E-state index contributed by atoms with van der Waals surface area (Å²) in [6, 6.07) is 9.04. The van der Waals surface area contributed by atoms with Crippen LogP contribution >= 0.6 is 0 Å². The summed E-state index contributed by atoms with van der Waals surface area (Å²) >= 11 is 0. The number of benzene rings is 1. The SMILES string of the molecule is CCNC(CC)CCCc1cccc(OC)c1. The highest BCUT2D eigenvalue weighted by molar-refractivity contribution is 5.28. The minimum absolute atomic E-state index is 0.672. The fourth-order valence-electron chi connectivity index (χ4n) is 2.12. The Morgan fingerprint density at radius 2 is 2.12 bits per heavy atom. The van der Waals surface area contributed by atoms with E-state index in [4.69, 9.17) is 4.74 Å². The summed E-state index contributed by atoms with van der Waals surface area (Å²) in [4.78, 5) is 0. The van der Waals surface area contributed by atoms with E-state index >= 15 is 0 Å². The van der Waals surface area contributed by atoms with E-state index in [9.17, 15) is 0 Å². The summed E-state index contributed by atoms with van der Waals surface area (Å²) < 4.78 is 5.23. The van der Waals surface area contributed by atoms with Crippen LogP contribution in [0.2, 0.25) is 0 Å². The maximum atomic E-state index is 5.23. The van der Waals surface area contributed by atoms with E-state index in [1.165, 1.54) is 24.8 Å². The second-order valence-electron chi connectivity index (χ2n) is 4.41. The van der Waals surface area contributed by atoms with E-state index in [1.807, 2.05) is 6.07 Å². The molecule has 17 heavy (non-hydrogen) atoms. The van der Waals surface area contributed by atoms with Crippen LogP contribution in [0.25, 0.3) is 0 Å². The molecule has 0 aliphatic rings. The number of hydrogen-bond donors (Lipinski definition) is 1. The van der Waals surface area contributed by atoms with Gasteiger partial charge < -0.3 is 10.1 Å². The summed E-state index contributed by atoms with van der Waals surface area (Å²) in [6.45, 7) is 5.49. The van der Waals surface area contributed by atoms with Crippen molar-refractivity contribution in [2.75, 3.05) is 13.7 Å². The molecule has 0 aliphatic carbocycles. The molecule has 0 bridgehead atoms. The number of rotatable bonds is 8. The Morgan fingerprint density at radius 3 is 2.76 bits per heavy atom. The van der Waals surface area contributed by atoms with E-state index in [2.05, 4.69) is 37.4 Å². The Morgan fingerprint density at radius 1 is 1.29 bits per heavy atom. The first-order valence-corrected chi connectivity index (χ1v) is 6.66. The molecule has 0 aliphatic heterocycles. The average molecular weight is 235 g/mol. The number of hydrogen-bond acceptors (Lipinski definition) is 2. The summed E-state index contributed by atoms with van der Waals surface area (Å²) in [5.74, 6) is 0.959. The summed E-state index contributed by atoms with van der Waals surface area (Å²) in [6.07, 6.45) is 4.84. The van der Waals surface area contributed by atoms with Gasteiger partial charge in [0.25, 0.3) is 0 Å².